The first-order chi connectivity index (χ1) is 8.24. The van der Waals surface area contributed by atoms with Crippen LogP contribution in [0.1, 0.15) is 31.0 Å². The molecule has 0 amide bonds. The van der Waals surface area contributed by atoms with Crippen molar-refractivity contribution in [3.05, 3.63) is 35.7 Å². The Labute approximate surface area is 101 Å². The summed E-state index contributed by atoms with van der Waals surface area (Å²) in [5, 5.41) is 7.49. The van der Waals surface area contributed by atoms with Crippen molar-refractivity contribution in [3.63, 3.8) is 0 Å². The molecule has 0 aromatic carbocycles. The van der Waals surface area contributed by atoms with E-state index in [4.69, 9.17) is 5.73 Å². The molecule has 0 bridgehead atoms. The van der Waals surface area contributed by atoms with Gasteiger partial charge in [-0.1, -0.05) is 19.9 Å². The number of nitrogens with two attached hydrogens (primary N) is 1. The molecule has 2 heterocycles. The standard InChI is InChI=1S/C13H18N4/c1-9(2)12-10(6-7-14)13(17-16-12)11-5-3-4-8-15-11/h3-5,8-9H,6-7,14H2,1-2H3,(H,16,17). The summed E-state index contributed by atoms with van der Waals surface area (Å²) in [5.74, 6) is 0.418. The first-order valence-electron chi connectivity index (χ1n) is 5.92. The molecule has 0 radical (unpaired) electrons. The van der Waals surface area contributed by atoms with E-state index in [1.54, 1.807) is 6.20 Å². The van der Waals surface area contributed by atoms with Crippen LogP contribution in [0.4, 0.5) is 0 Å². The lowest BCUT2D eigenvalue weighted by molar-refractivity contribution is 0.791. The molecule has 0 unspecified atom stereocenters. The van der Waals surface area contributed by atoms with E-state index in [0.717, 1.165) is 23.5 Å². The fourth-order valence-corrected chi connectivity index (χ4v) is 1.97. The number of pyridine rings is 1. The van der Waals surface area contributed by atoms with Crippen molar-refractivity contribution >= 4 is 0 Å². The van der Waals surface area contributed by atoms with E-state index in [1.807, 2.05) is 18.2 Å². The normalized spacial score (nSPS) is 11.1. The average molecular weight is 230 g/mol. The maximum atomic E-state index is 5.67. The Morgan fingerprint density at radius 2 is 2.18 bits per heavy atom. The molecule has 0 spiro atoms. The second kappa shape index (κ2) is 5.10. The lowest BCUT2D eigenvalue weighted by Gasteiger charge is -2.06. The highest BCUT2D eigenvalue weighted by atomic mass is 15.1. The van der Waals surface area contributed by atoms with Crippen molar-refractivity contribution in [2.24, 2.45) is 5.73 Å². The highest BCUT2D eigenvalue weighted by molar-refractivity contribution is 5.60. The average Bonchev–Trinajstić information content (AvgIpc) is 2.75. The molecule has 90 valence electrons. The van der Waals surface area contributed by atoms with Crippen LogP contribution in [-0.2, 0) is 6.42 Å². The number of aromatic nitrogens is 3. The molecule has 4 heteroatoms. The van der Waals surface area contributed by atoms with Crippen LogP contribution in [0.2, 0.25) is 0 Å². The molecule has 2 rings (SSSR count). The predicted octanol–water partition coefficient (Wildman–Crippen LogP) is 2.10. The van der Waals surface area contributed by atoms with Gasteiger partial charge in [0.15, 0.2) is 0 Å². The van der Waals surface area contributed by atoms with E-state index in [0.29, 0.717) is 12.5 Å². The Balaban J connectivity index is 2.47. The molecule has 4 nitrogen and oxygen atoms in total. The summed E-state index contributed by atoms with van der Waals surface area (Å²) in [5.41, 5.74) is 9.86. The lowest BCUT2D eigenvalue weighted by atomic mass is 10.00. The van der Waals surface area contributed by atoms with Crippen molar-refractivity contribution in [3.8, 4) is 11.4 Å². The van der Waals surface area contributed by atoms with Crippen molar-refractivity contribution < 1.29 is 0 Å². The fraction of sp³-hybridized carbons (Fsp3) is 0.385. The SMILES string of the molecule is CC(C)c1[nH]nc(-c2ccccn2)c1CCN. The molecule has 0 aliphatic rings. The number of hydrogen-bond acceptors (Lipinski definition) is 3. The topological polar surface area (TPSA) is 67.6 Å². The van der Waals surface area contributed by atoms with Gasteiger partial charge in [0.05, 0.1) is 5.69 Å². The third-order valence-corrected chi connectivity index (χ3v) is 2.78. The molecule has 0 aliphatic carbocycles. The van der Waals surface area contributed by atoms with Crippen LogP contribution in [0.15, 0.2) is 24.4 Å². The third kappa shape index (κ3) is 2.36. The number of hydrogen-bond donors (Lipinski definition) is 2. The molecule has 0 saturated heterocycles. The molecular weight excluding hydrogens is 212 g/mol. The number of aromatic amines is 1. The van der Waals surface area contributed by atoms with E-state index < -0.39 is 0 Å². The van der Waals surface area contributed by atoms with E-state index >= 15 is 0 Å². The third-order valence-electron chi connectivity index (χ3n) is 2.78. The van der Waals surface area contributed by atoms with E-state index in [9.17, 15) is 0 Å². The molecule has 2 aromatic rings. The molecular formula is C13H18N4. The van der Waals surface area contributed by atoms with Crippen LogP contribution >= 0.6 is 0 Å². The molecule has 17 heavy (non-hydrogen) atoms. The van der Waals surface area contributed by atoms with Crippen LogP contribution in [-0.4, -0.2) is 21.7 Å². The quantitative estimate of drug-likeness (QED) is 0.845. The summed E-state index contributed by atoms with van der Waals surface area (Å²) in [6.07, 6.45) is 2.61. The van der Waals surface area contributed by atoms with Gasteiger partial charge in [0, 0.05) is 17.5 Å². The maximum Gasteiger partial charge on any atom is 0.114 e. The molecule has 0 atom stereocenters. The Morgan fingerprint density at radius 3 is 2.76 bits per heavy atom. The highest BCUT2D eigenvalue weighted by Gasteiger charge is 2.16. The fourth-order valence-electron chi connectivity index (χ4n) is 1.97. The second-order valence-electron chi connectivity index (χ2n) is 4.37. The minimum Gasteiger partial charge on any atom is -0.330 e. The first kappa shape index (κ1) is 11.8. The van der Waals surface area contributed by atoms with Crippen LogP contribution in [0.5, 0.6) is 0 Å². The number of nitrogens with zero attached hydrogens (tertiary/aromatic N) is 2. The van der Waals surface area contributed by atoms with Crippen molar-refractivity contribution in [1.82, 2.24) is 15.2 Å². The van der Waals surface area contributed by atoms with Gasteiger partial charge in [-0.2, -0.15) is 5.10 Å². The van der Waals surface area contributed by atoms with Gasteiger partial charge < -0.3 is 5.73 Å². The Morgan fingerprint density at radius 1 is 1.35 bits per heavy atom. The maximum absolute atomic E-state index is 5.67. The number of rotatable bonds is 4. The van der Waals surface area contributed by atoms with E-state index in [2.05, 4.69) is 29.0 Å². The molecule has 3 N–H and O–H groups in total. The molecule has 0 fully saturated rings. The van der Waals surface area contributed by atoms with Crippen LogP contribution in [0.3, 0.4) is 0 Å². The first-order valence-corrected chi connectivity index (χ1v) is 5.92. The van der Waals surface area contributed by atoms with Crippen LogP contribution in [0.25, 0.3) is 11.4 Å². The van der Waals surface area contributed by atoms with Gasteiger partial charge in [-0.25, -0.2) is 0 Å². The summed E-state index contributed by atoms with van der Waals surface area (Å²) < 4.78 is 0. The summed E-state index contributed by atoms with van der Waals surface area (Å²) in [6, 6.07) is 5.85. The van der Waals surface area contributed by atoms with Crippen LogP contribution in [0, 0.1) is 0 Å². The summed E-state index contributed by atoms with van der Waals surface area (Å²) >= 11 is 0. The van der Waals surface area contributed by atoms with Gasteiger partial charge in [0.2, 0.25) is 0 Å². The number of H-pyrrole nitrogens is 1. The van der Waals surface area contributed by atoms with E-state index in [1.165, 1.54) is 5.56 Å². The second-order valence-corrected chi connectivity index (χ2v) is 4.37. The minimum atomic E-state index is 0.418. The van der Waals surface area contributed by atoms with Gasteiger partial charge in [-0.3, -0.25) is 10.1 Å². The summed E-state index contributed by atoms with van der Waals surface area (Å²) in [7, 11) is 0. The minimum absolute atomic E-state index is 0.418. The summed E-state index contributed by atoms with van der Waals surface area (Å²) in [6.45, 7) is 4.92. The zero-order valence-corrected chi connectivity index (χ0v) is 10.3. The Bertz CT molecular complexity index is 473. The largest absolute Gasteiger partial charge is 0.330 e. The van der Waals surface area contributed by atoms with Crippen LogP contribution < -0.4 is 5.73 Å². The Kier molecular flexibility index (Phi) is 3.54. The highest BCUT2D eigenvalue weighted by Crippen LogP contribution is 2.26. The summed E-state index contributed by atoms with van der Waals surface area (Å²) in [4.78, 5) is 4.34. The zero-order valence-electron chi connectivity index (χ0n) is 10.3. The lowest BCUT2D eigenvalue weighted by Crippen LogP contribution is -2.06. The molecule has 0 saturated carbocycles. The molecule has 2 aromatic heterocycles. The zero-order chi connectivity index (χ0) is 12.3. The smallest absolute Gasteiger partial charge is 0.114 e. The van der Waals surface area contributed by atoms with Crippen molar-refractivity contribution in [2.75, 3.05) is 6.54 Å². The van der Waals surface area contributed by atoms with Gasteiger partial charge >= 0.3 is 0 Å². The monoisotopic (exact) mass is 230 g/mol. The number of nitrogens with one attached hydrogen (secondary N) is 1. The molecule has 0 aliphatic heterocycles. The van der Waals surface area contributed by atoms with Gasteiger partial charge in [0.1, 0.15) is 5.69 Å². The van der Waals surface area contributed by atoms with E-state index in [-0.39, 0.29) is 0 Å². The Hall–Kier alpha value is -1.68. The van der Waals surface area contributed by atoms with Crippen molar-refractivity contribution in [1.29, 1.82) is 0 Å². The van der Waals surface area contributed by atoms with Gasteiger partial charge in [0.25, 0.3) is 0 Å². The van der Waals surface area contributed by atoms with Gasteiger partial charge in [-0.05, 0) is 31.0 Å². The van der Waals surface area contributed by atoms with Crippen molar-refractivity contribution in [2.45, 2.75) is 26.2 Å². The van der Waals surface area contributed by atoms with Gasteiger partial charge in [-0.15, -0.1) is 0 Å². The predicted molar refractivity (Wildman–Crippen MR) is 68.7 cm³/mol.